The van der Waals surface area contributed by atoms with Crippen LogP contribution in [-0.2, 0) is 0 Å². The van der Waals surface area contributed by atoms with Gasteiger partial charge in [-0.15, -0.1) is 0 Å². The van der Waals surface area contributed by atoms with Gasteiger partial charge in [0.25, 0.3) is 0 Å². The zero-order valence-corrected chi connectivity index (χ0v) is 12.9. The van der Waals surface area contributed by atoms with Crippen LogP contribution in [0.1, 0.15) is 25.7 Å². The van der Waals surface area contributed by atoms with E-state index in [2.05, 4.69) is 10.1 Å². The molecule has 1 aliphatic carbocycles. The molecule has 1 aliphatic rings. The molecule has 1 saturated carbocycles. The van der Waals surface area contributed by atoms with Gasteiger partial charge in [0.2, 0.25) is 0 Å². The first-order chi connectivity index (χ1) is 11.2. The Balaban J connectivity index is 0.000000151. The van der Waals surface area contributed by atoms with E-state index in [0.29, 0.717) is 24.1 Å². The normalized spacial score (nSPS) is 21.2. The maximum atomic E-state index is 12.9. The molecule has 0 spiro atoms. The second-order valence-corrected chi connectivity index (χ2v) is 6.03. The van der Waals surface area contributed by atoms with Crippen molar-refractivity contribution in [1.29, 1.82) is 0 Å². The van der Waals surface area contributed by atoms with E-state index in [1.54, 1.807) is 23.1 Å². The summed E-state index contributed by atoms with van der Waals surface area (Å²) in [5.74, 6) is 0.277. The second-order valence-electron chi connectivity index (χ2n) is 6.03. The predicted octanol–water partition coefficient (Wildman–Crippen LogP) is 2.52. The highest BCUT2D eigenvalue weighted by molar-refractivity contribution is 5.93. The summed E-state index contributed by atoms with van der Waals surface area (Å²) in [5, 5.41) is 13.9. The van der Waals surface area contributed by atoms with Gasteiger partial charge in [-0.3, -0.25) is 0 Å². The number of halogens is 1. The van der Waals surface area contributed by atoms with Crippen LogP contribution in [-0.4, -0.2) is 32.4 Å². The Kier molecular flexibility index (Phi) is 4.83. The smallest absolute Gasteiger partial charge is 0.125 e. The molecule has 6 heteroatoms. The first kappa shape index (κ1) is 15.8. The van der Waals surface area contributed by atoms with E-state index in [4.69, 9.17) is 10.8 Å². The Bertz CT molecular complexity index is 780. The molecule has 5 nitrogen and oxygen atoms in total. The number of nitrogens with zero attached hydrogens (tertiary/aromatic N) is 3. The van der Waals surface area contributed by atoms with Crippen molar-refractivity contribution in [2.75, 3.05) is 6.61 Å². The summed E-state index contributed by atoms with van der Waals surface area (Å²) in [5.41, 5.74) is 7.26. The van der Waals surface area contributed by atoms with Gasteiger partial charge < -0.3 is 10.8 Å². The molecule has 1 fully saturated rings. The number of hydrogen-bond donors (Lipinski definition) is 2. The minimum absolute atomic E-state index is 0.270. The van der Waals surface area contributed by atoms with E-state index < -0.39 is 0 Å². The molecule has 0 unspecified atom stereocenters. The molecule has 0 bridgehead atoms. The summed E-state index contributed by atoms with van der Waals surface area (Å²) >= 11 is 0. The van der Waals surface area contributed by atoms with Crippen LogP contribution in [0.2, 0.25) is 0 Å². The zero-order valence-electron chi connectivity index (χ0n) is 12.9. The molecular weight excluding hydrogens is 295 g/mol. The van der Waals surface area contributed by atoms with Crippen molar-refractivity contribution >= 4 is 16.4 Å². The Morgan fingerprint density at radius 3 is 2.74 bits per heavy atom. The Labute approximate surface area is 133 Å². The number of aliphatic hydroxyl groups excluding tert-OH is 1. The standard InChI is InChI=1S/C10H6FN3.C7H15NO/c11-7-1-2-8-9(5-7)13-14-6-12-4-3-10(8)14;8-7-3-1-6(5-9)2-4-7/h1-6H;6-7,9H,1-5,8H2. The van der Waals surface area contributed by atoms with Gasteiger partial charge in [0.15, 0.2) is 0 Å². The Morgan fingerprint density at radius 1 is 1.22 bits per heavy atom. The van der Waals surface area contributed by atoms with Gasteiger partial charge in [-0.2, -0.15) is 5.10 Å². The lowest BCUT2D eigenvalue weighted by molar-refractivity contribution is 0.183. The monoisotopic (exact) mass is 316 g/mol. The molecule has 0 aliphatic heterocycles. The first-order valence-corrected chi connectivity index (χ1v) is 7.91. The number of benzene rings is 1. The van der Waals surface area contributed by atoms with Crippen LogP contribution < -0.4 is 5.73 Å². The zero-order chi connectivity index (χ0) is 16.2. The lowest BCUT2D eigenvalue weighted by Crippen LogP contribution is -2.27. The molecule has 1 aromatic carbocycles. The highest BCUT2D eigenvalue weighted by Crippen LogP contribution is 2.22. The van der Waals surface area contributed by atoms with Gasteiger partial charge in [-0.05, 0) is 49.8 Å². The van der Waals surface area contributed by atoms with Crippen molar-refractivity contribution in [3.05, 3.63) is 42.6 Å². The van der Waals surface area contributed by atoms with E-state index in [1.807, 2.05) is 6.07 Å². The lowest BCUT2D eigenvalue weighted by atomic mass is 9.87. The minimum Gasteiger partial charge on any atom is -0.396 e. The fourth-order valence-electron chi connectivity index (χ4n) is 2.94. The second kappa shape index (κ2) is 7.02. The van der Waals surface area contributed by atoms with E-state index in [1.165, 1.54) is 12.1 Å². The summed E-state index contributed by atoms with van der Waals surface area (Å²) in [6, 6.07) is 6.85. The lowest BCUT2D eigenvalue weighted by Gasteiger charge is -2.23. The fraction of sp³-hybridized carbons (Fsp3) is 0.412. The van der Waals surface area contributed by atoms with E-state index >= 15 is 0 Å². The van der Waals surface area contributed by atoms with E-state index in [-0.39, 0.29) is 5.82 Å². The van der Waals surface area contributed by atoms with E-state index in [0.717, 1.165) is 36.6 Å². The number of aliphatic hydroxyl groups is 1. The van der Waals surface area contributed by atoms with Gasteiger partial charge in [-0.1, -0.05) is 0 Å². The number of aromatic nitrogens is 3. The van der Waals surface area contributed by atoms with Gasteiger partial charge in [0.1, 0.15) is 12.1 Å². The van der Waals surface area contributed by atoms with Crippen LogP contribution in [0, 0.1) is 11.7 Å². The van der Waals surface area contributed by atoms with Crippen LogP contribution in [0.25, 0.3) is 16.4 Å². The molecule has 3 aromatic rings. The molecule has 2 heterocycles. The maximum Gasteiger partial charge on any atom is 0.125 e. The summed E-state index contributed by atoms with van der Waals surface area (Å²) in [6.07, 6.45) is 7.75. The highest BCUT2D eigenvalue weighted by atomic mass is 19.1. The third-order valence-electron chi connectivity index (χ3n) is 4.34. The van der Waals surface area contributed by atoms with Crippen LogP contribution in [0.4, 0.5) is 4.39 Å². The predicted molar refractivity (Wildman–Crippen MR) is 87.5 cm³/mol. The van der Waals surface area contributed by atoms with Crippen molar-refractivity contribution < 1.29 is 9.50 Å². The summed E-state index contributed by atoms with van der Waals surface area (Å²) in [4.78, 5) is 3.94. The Hall–Kier alpha value is -2.05. The van der Waals surface area contributed by atoms with Crippen LogP contribution in [0.3, 0.4) is 0 Å². The van der Waals surface area contributed by atoms with E-state index in [9.17, 15) is 4.39 Å². The number of fused-ring (bicyclic) bond motifs is 3. The van der Waals surface area contributed by atoms with Gasteiger partial charge in [-0.25, -0.2) is 13.9 Å². The molecule has 0 radical (unpaired) electrons. The summed E-state index contributed by atoms with van der Waals surface area (Å²) < 4.78 is 14.5. The topological polar surface area (TPSA) is 76.4 Å². The molecular formula is C17H21FN4O. The third-order valence-corrected chi connectivity index (χ3v) is 4.34. The molecule has 3 N–H and O–H groups in total. The van der Waals surface area contributed by atoms with Crippen molar-refractivity contribution in [3.8, 4) is 0 Å². The van der Waals surface area contributed by atoms with Crippen molar-refractivity contribution in [1.82, 2.24) is 14.6 Å². The molecule has 4 rings (SSSR count). The first-order valence-electron chi connectivity index (χ1n) is 7.91. The quantitative estimate of drug-likeness (QED) is 0.723. The summed E-state index contributed by atoms with van der Waals surface area (Å²) in [7, 11) is 0. The minimum atomic E-state index is -0.270. The van der Waals surface area contributed by atoms with Gasteiger partial charge in [0, 0.05) is 30.3 Å². The molecule has 2 aromatic heterocycles. The average Bonchev–Trinajstić information content (AvgIpc) is 2.93. The molecule has 122 valence electrons. The third kappa shape index (κ3) is 3.65. The van der Waals surface area contributed by atoms with Crippen LogP contribution in [0.15, 0.2) is 36.8 Å². The van der Waals surface area contributed by atoms with Crippen molar-refractivity contribution in [3.63, 3.8) is 0 Å². The van der Waals surface area contributed by atoms with Crippen molar-refractivity contribution in [2.45, 2.75) is 31.7 Å². The number of hydrogen-bond acceptors (Lipinski definition) is 4. The Morgan fingerprint density at radius 2 is 2.00 bits per heavy atom. The molecule has 23 heavy (non-hydrogen) atoms. The van der Waals surface area contributed by atoms with Crippen LogP contribution in [0.5, 0.6) is 0 Å². The maximum absolute atomic E-state index is 12.9. The molecule has 0 amide bonds. The fourth-order valence-corrected chi connectivity index (χ4v) is 2.94. The van der Waals surface area contributed by atoms with Gasteiger partial charge >= 0.3 is 0 Å². The number of nitrogens with two attached hydrogens (primary N) is 1. The number of rotatable bonds is 1. The molecule has 0 saturated heterocycles. The van der Waals surface area contributed by atoms with Crippen LogP contribution >= 0.6 is 0 Å². The highest BCUT2D eigenvalue weighted by Gasteiger charge is 2.16. The van der Waals surface area contributed by atoms with Crippen molar-refractivity contribution in [2.24, 2.45) is 11.7 Å². The SMILES string of the molecule is Fc1ccc2c(c1)nn1cnccc21.NC1CCC(CO)CC1. The summed E-state index contributed by atoms with van der Waals surface area (Å²) in [6.45, 7) is 0.354. The largest absolute Gasteiger partial charge is 0.396 e. The molecule has 0 atom stereocenters. The average molecular weight is 316 g/mol. The van der Waals surface area contributed by atoms with Gasteiger partial charge in [0.05, 0.1) is 11.0 Å².